The highest BCUT2D eigenvalue weighted by atomic mass is 32.1. The van der Waals surface area contributed by atoms with E-state index in [2.05, 4.69) is 36.3 Å². The molecule has 0 unspecified atom stereocenters. The van der Waals surface area contributed by atoms with Crippen LogP contribution in [0.5, 0.6) is 0 Å². The van der Waals surface area contributed by atoms with Crippen LogP contribution in [-0.4, -0.2) is 10.9 Å². The summed E-state index contributed by atoms with van der Waals surface area (Å²) in [5.74, 6) is 0.397. The average molecular weight is 312 g/mol. The zero-order valence-electron chi connectivity index (χ0n) is 12.9. The predicted octanol–water partition coefficient (Wildman–Crippen LogP) is 4.41. The van der Waals surface area contributed by atoms with Crippen molar-refractivity contribution in [2.45, 2.75) is 39.0 Å². The Morgan fingerprint density at radius 2 is 2.05 bits per heavy atom. The van der Waals surface area contributed by atoms with Crippen LogP contribution in [0.2, 0.25) is 0 Å². The lowest BCUT2D eigenvalue weighted by molar-refractivity contribution is -0.111. The summed E-state index contributed by atoms with van der Waals surface area (Å²) in [6, 6.07) is 8.29. The highest BCUT2D eigenvalue weighted by Gasteiger charge is 2.17. The third-order valence-corrected chi connectivity index (χ3v) is 4.93. The molecule has 0 saturated carbocycles. The minimum Gasteiger partial charge on any atom is -0.298 e. The van der Waals surface area contributed by atoms with Crippen LogP contribution in [0.4, 0.5) is 5.13 Å². The maximum atomic E-state index is 12.0. The molecule has 3 nitrogen and oxygen atoms in total. The first kappa shape index (κ1) is 15.0. The minimum atomic E-state index is -0.125. The molecule has 0 fully saturated rings. The molecule has 1 aliphatic rings. The number of aromatic nitrogens is 1. The van der Waals surface area contributed by atoms with Crippen LogP contribution in [0.3, 0.4) is 0 Å². The molecule has 1 aliphatic carbocycles. The highest BCUT2D eigenvalue weighted by Crippen LogP contribution is 2.30. The Kier molecular flexibility index (Phi) is 4.39. The van der Waals surface area contributed by atoms with E-state index in [-0.39, 0.29) is 5.91 Å². The van der Waals surface area contributed by atoms with E-state index in [1.165, 1.54) is 16.9 Å². The highest BCUT2D eigenvalue weighted by molar-refractivity contribution is 7.15. The molecular formula is C18H20N2OS. The molecule has 0 aliphatic heterocycles. The van der Waals surface area contributed by atoms with Crippen LogP contribution in [0, 0.1) is 0 Å². The molecule has 0 saturated heterocycles. The molecule has 3 rings (SSSR count). The van der Waals surface area contributed by atoms with Crippen molar-refractivity contribution in [3.8, 4) is 0 Å². The lowest BCUT2D eigenvalue weighted by atomic mass is 10.0. The van der Waals surface area contributed by atoms with Gasteiger partial charge in [0.15, 0.2) is 5.13 Å². The second kappa shape index (κ2) is 6.44. The first-order valence-electron chi connectivity index (χ1n) is 7.69. The molecule has 1 amide bonds. The number of thiazole rings is 1. The van der Waals surface area contributed by atoms with Crippen LogP contribution in [-0.2, 0) is 17.6 Å². The van der Waals surface area contributed by atoms with E-state index < -0.39 is 0 Å². The van der Waals surface area contributed by atoms with Gasteiger partial charge in [-0.15, -0.1) is 11.3 Å². The number of anilines is 1. The first-order valence-corrected chi connectivity index (χ1v) is 8.51. The topological polar surface area (TPSA) is 42.0 Å². The lowest BCUT2D eigenvalue weighted by Crippen LogP contribution is -2.07. The van der Waals surface area contributed by atoms with E-state index in [1.54, 1.807) is 17.4 Å². The fraction of sp³-hybridized carbons (Fsp3) is 0.333. The second-order valence-electron chi connectivity index (χ2n) is 5.89. The molecule has 2 aromatic rings. The quantitative estimate of drug-likeness (QED) is 0.850. The van der Waals surface area contributed by atoms with Gasteiger partial charge in [0.1, 0.15) is 0 Å². The molecule has 0 spiro atoms. The van der Waals surface area contributed by atoms with Crippen molar-refractivity contribution in [1.82, 2.24) is 4.98 Å². The van der Waals surface area contributed by atoms with Crippen LogP contribution < -0.4 is 5.32 Å². The molecule has 4 heteroatoms. The Morgan fingerprint density at radius 1 is 1.27 bits per heavy atom. The number of carbonyl (C=O) groups excluding carboxylic acids is 1. The molecule has 0 atom stereocenters. The number of benzene rings is 1. The van der Waals surface area contributed by atoms with Gasteiger partial charge in [-0.1, -0.05) is 38.1 Å². The van der Waals surface area contributed by atoms with Gasteiger partial charge in [0.05, 0.1) is 5.69 Å². The van der Waals surface area contributed by atoms with Crippen molar-refractivity contribution in [3.63, 3.8) is 0 Å². The fourth-order valence-electron chi connectivity index (χ4n) is 2.55. The van der Waals surface area contributed by atoms with Crippen LogP contribution >= 0.6 is 11.3 Å². The molecule has 1 heterocycles. The summed E-state index contributed by atoms with van der Waals surface area (Å²) in [7, 11) is 0. The third kappa shape index (κ3) is 3.45. The fourth-order valence-corrected chi connectivity index (χ4v) is 3.61. The molecule has 114 valence electrons. The number of fused-ring (bicyclic) bond motifs is 1. The lowest BCUT2D eigenvalue weighted by Gasteiger charge is -2.04. The van der Waals surface area contributed by atoms with E-state index in [1.807, 2.05) is 18.2 Å². The van der Waals surface area contributed by atoms with E-state index in [0.717, 1.165) is 29.2 Å². The van der Waals surface area contributed by atoms with E-state index in [0.29, 0.717) is 5.92 Å². The number of rotatable bonds is 4. The zero-order valence-corrected chi connectivity index (χ0v) is 13.7. The maximum Gasteiger partial charge on any atom is 0.250 e. The Labute approximate surface area is 135 Å². The molecule has 1 aromatic heterocycles. The number of aryl methyl sites for hydroxylation is 2. The smallest absolute Gasteiger partial charge is 0.250 e. The van der Waals surface area contributed by atoms with Crippen molar-refractivity contribution < 1.29 is 4.79 Å². The van der Waals surface area contributed by atoms with E-state index >= 15 is 0 Å². The molecular weight excluding hydrogens is 292 g/mol. The van der Waals surface area contributed by atoms with Gasteiger partial charge in [-0.25, -0.2) is 4.98 Å². The van der Waals surface area contributed by atoms with Gasteiger partial charge in [-0.2, -0.15) is 0 Å². The van der Waals surface area contributed by atoms with Crippen molar-refractivity contribution >= 4 is 28.5 Å². The van der Waals surface area contributed by atoms with E-state index in [9.17, 15) is 4.79 Å². The van der Waals surface area contributed by atoms with E-state index in [4.69, 9.17) is 0 Å². The van der Waals surface area contributed by atoms with Crippen LogP contribution in [0.25, 0.3) is 6.08 Å². The summed E-state index contributed by atoms with van der Waals surface area (Å²) in [6.45, 7) is 4.34. The SMILES string of the molecule is CC(C)c1ccc(/C=C/C(=O)Nc2nc3c(s2)CCC3)cc1. The Morgan fingerprint density at radius 3 is 2.73 bits per heavy atom. The zero-order chi connectivity index (χ0) is 15.5. The van der Waals surface area contributed by atoms with Gasteiger partial charge in [-0.05, 0) is 42.4 Å². The number of nitrogens with zero attached hydrogens (tertiary/aromatic N) is 1. The van der Waals surface area contributed by atoms with Gasteiger partial charge in [0.25, 0.3) is 0 Å². The van der Waals surface area contributed by atoms with Gasteiger partial charge in [0.2, 0.25) is 5.91 Å². The third-order valence-electron chi connectivity index (χ3n) is 3.86. The van der Waals surface area contributed by atoms with Crippen LogP contribution in [0.1, 0.15) is 47.9 Å². The maximum absolute atomic E-state index is 12.0. The minimum absolute atomic E-state index is 0.125. The van der Waals surface area contributed by atoms with Gasteiger partial charge in [-0.3, -0.25) is 10.1 Å². The summed E-state index contributed by atoms with van der Waals surface area (Å²) in [4.78, 5) is 17.7. The number of nitrogens with one attached hydrogen (secondary N) is 1. The number of amides is 1. The summed E-state index contributed by atoms with van der Waals surface area (Å²) < 4.78 is 0. The summed E-state index contributed by atoms with van der Waals surface area (Å²) in [5.41, 5.74) is 3.49. The molecule has 0 bridgehead atoms. The van der Waals surface area contributed by atoms with Gasteiger partial charge in [0, 0.05) is 11.0 Å². The molecule has 0 radical (unpaired) electrons. The van der Waals surface area contributed by atoms with Crippen molar-refractivity contribution in [2.24, 2.45) is 0 Å². The van der Waals surface area contributed by atoms with Crippen LogP contribution in [0.15, 0.2) is 30.3 Å². The Balaban J connectivity index is 1.60. The van der Waals surface area contributed by atoms with Crippen molar-refractivity contribution in [3.05, 3.63) is 52.0 Å². The largest absolute Gasteiger partial charge is 0.298 e. The molecule has 22 heavy (non-hydrogen) atoms. The number of hydrogen-bond donors (Lipinski definition) is 1. The summed E-state index contributed by atoms with van der Waals surface area (Å²) in [5, 5.41) is 3.57. The van der Waals surface area contributed by atoms with Gasteiger partial charge < -0.3 is 0 Å². The first-order chi connectivity index (χ1) is 10.6. The van der Waals surface area contributed by atoms with Gasteiger partial charge >= 0.3 is 0 Å². The number of hydrogen-bond acceptors (Lipinski definition) is 3. The standard InChI is InChI=1S/C18H20N2OS/c1-12(2)14-9-6-13(7-10-14)8-11-17(21)20-18-19-15-4-3-5-16(15)22-18/h6-12H,3-5H2,1-2H3,(H,19,20,21)/b11-8+. The summed E-state index contributed by atoms with van der Waals surface area (Å²) >= 11 is 1.60. The second-order valence-corrected chi connectivity index (χ2v) is 6.97. The molecule has 1 aromatic carbocycles. The average Bonchev–Trinajstić information content (AvgIpc) is 3.06. The summed E-state index contributed by atoms with van der Waals surface area (Å²) in [6.07, 6.45) is 6.73. The monoisotopic (exact) mass is 312 g/mol. The number of carbonyl (C=O) groups is 1. The normalized spacial score (nSPS) is 13.8. The Hall–Kier alpha value is -1.94. The molecule has 1 N–H and O–H groups in total. The Bertz CT molecular complexity index is 677. The predicted molar refractivity (Wildman–Crippen MR) is 92.3 cm³/mol. The van der Waals surface area contributed by atoms with Crippen molar-refractivity contribution in [2.75, 3.05) is 5.32 Å². The van der Waals surface area contributed by atoms with Crippen molar-refractivity contribution in [1.29, 1.82) is 0 Å².